The largest absolute Gasteiger partial charge is 0.367 e. The topological polar surface area (TPSA) is 94.1 Å². The van der Waals surface area contributed by atoms with E-state index in [0.717, 1.165) is 29.6 Å². The van der Waals surface area contributed by atoms with Crippen molar-refractivity contribution in [2.45, 2.75) is 24.9 Å². The fraction of sp³-hybridized carbons (Fsp3) is 0.308. The molecule has 3 N–H and O–H groups in total. The van der Waals surface area contributed by atoms with Crippen molar-refractivity contribution in [3.05, 3.63) is 40.4 Å². The molecular weight excluding hydrogens is 244 g/mol. The first kappa shape index (κ1) is 11.9. The van der Waals surface area contributed by atoms with Crippen molar-refractivity contribution >= 4 is 22.4 Å². The first-order valence-corrected chi connectivity index (χ1v) is 6.19. The second-order valence-corrected chi connectivity index (χ2v) is 4.90. The Morgan fingerprint density at radius 2 is 2.11 bits per heavy atom. The van der Waals surface area contributed by atoms with Gasteiger partial charge in [-0.1, -0.05) is 0 Å². The molecule has 0 atom stereocenters. The summed E-state index contributed by atoms with van der Waals surface area (Å²) in [5.41, 5.74) is 6.57. The van der Waals surface area contributed by atoms with Crippen molar-refractivity contribution in [1.29, 1.82) is 0 Å². The summed E-state index contributed by atoms with van der Waals surface area (Å²) in [7, 11) is 0. The predicted octanol–water partition coefficient (Wildman–Crippen LogP) is 2.04. The van der Waals surface area contributed by atoms with Crippen molar-refractivity contribution in [3.8, 4) is 0 Å². The molecule has 1 aromatic heterocycles. The Morgan fingerprint density at radius 1 is 1.32 bits per heavy atom. The van der Waals surface area contributed by atoms with E-state index < -0.39 is 4.92 Å². The second-order valence-electron chi connectivity index (χ2n) is 4.90. The Bertz CT molecular complexity index is 638. The van der Waals surface area contributed by atoms with Crippen LogP contribution in [0, 0.1) is 10.1 Å². The van der Waals surface area contributed by atoms with Gasteiger partial charge < -0.3 is 11.1 Å². The van der Waals surface area contributed by atoms with Gasteiger partial charge in [0.2, 0.25) is 0 Å². The van der Waals surface area contributed by atoms with Crippen LogP contribution in [0.3, 0.4) is 0 Å². The first-order valence-electron chi connectivity index (χ1n) is 6.19. The van der Waals surface area contributed by atoms with E-state index in [-0.39, 0.29) is 5.69 Å². The smallest absolute Gasteiger partial charge is 0.270 e. The van der Waals surface area contributed by atoms with E-state index in [4.69, 9.17) is 5.73 Å². The molecule has 0 spiro atoms. The Labute approximate surface area is 109 Å². The van der Waals surface area contributed by atoms with Gasteiger partial charge in [-0.15, -0.1) is 0 Å². The first-order chi connectivity index (χ1) is 9.11. The molecule has 1 aromatic carbocycles. The van der Waals surface area contributed by atoms with E-state index in [1.165, 1.54) is 12.1 Å². The van der Waals surface area contributed by atoms with Crippen LogP contribution in [0.5, 0.6) is 0 Å². The standard InChI is InChI=1S/C13H14N4O2/c14-9-6-10(7-9)15-13-4-1-8-5-11(17(18)19)2-3-12(8)16-13/h1-5,9-10H,6-7,14H2,(H,15,16). The number of non-ortho nitro benzene ring substituents is 1. The normalized spacial score (nSPS) is 21.9. The van der Waals surface area contributed by atoms with Gasteiger partial charge in [0.15, 0.2) is 0 Å². The number of pyridine rings is 1. The van der Waals surface area contributed by atoms with Gasteiger partial charge in [-0.3, -0.25) is 10.1 Å². The third-order valence-corrected chi connectivity index (χ3v) is 3.41. The van der Waals surface area contributed by atoms with Gasteiger partial charge in [0, 0.05) is 29.6 Å². The van der Waals surface area contributed by atoms with E-state index in [1.807, 2.05) is 12.1 Å². The maximum atomic E-state index is 10.7. The molecule has 6 nitrogen and oxygen atoms in total. The van der Waals surface area contributed by atoms with Crippen LogP contribution in [0.15, 0.2) is 30.3 Å². The highest BCUT2D eigenvalue weighted by Gasteiger charge is 2.25. The van der Waals surface area contributed by atoms with Crippen molar-refractivity contribution < 1.29 is 4.92 Å². The minimum Gasteiger partial charge on any atom is -0.367 e. The number of nitrogens with zero attached hydrogens (tertiary/aromatic N) is 2. The monoisotopic (exact) mass is 258 g/mol. The van der Waals surface area contributed by atoms with Gasteiger partial charge in [0.1, 0.15) is 5.82 Å². The van der Waals surface area contributed by atoms with Crippen LogP contribution in [0.2, 0.25) is 0 Å². The minimum atomic E-state index is -0.401. The van der Waals surface area contributed by atoms with E-state index in [9.17, 15) is 10.1 Å². The van der Waals surface area contributed by atoms with E-state index in [1.54, 1.807) is 6.07 Å². The van der Waals surface area contributed by atoms with Gasteiger partial charge >= 0.3 is 0 Å². The zero-order chi connectivity index (χ0) is 13.4. The average molecular weight is 258 g/mol. The Morgan fingerprint density at radius 3 is 2.79 bits per heavy atom. The summed E-state index contributed by atoms with van der Waals surface area (Å²) in [4.78, 5) is 14.7. The number of hydrogen-bond acceptors (Lipinski definition) is 5. The highest BCUT2D eigenvalue weighted by molar-refractivity contribution is 5.82. The lowest BCUT2D eigenvalue weighted by Crippen LogP contribution is -2.44. The number of nitrogens with one attached hydrogen (secondary N) is 1. The Kier molecular flexibility index (Phi) is 2.79. The lowest BCUT2D eigenvalue weighted by molar-refractivity contribution is -0.384. The maximum absolute atomic E-state index is 10.7. The van der Waals surface area contributed by atoms with Crippen molar-refractivity contribution in [2.75, 3.05) is 5.32 Å². The van der Waals surface area contributed by atoms with E-state index in [2.05, 4.69) is 10.3 Å². The summed E-state index contributed by atoms with van der Waals surface area (Å²) < 4.78 is 0. The second kappa shape index (κ2) is 4.47. The molecule has 1 aliphatic rings. The summed E-state index contributed by atoms with van der Waals surface area (Å²) in [6.45, 7) is 0. The number of aromatic nitrogens is 1. The van der Waals surface area contributed by atoms with Crippen LogP contribution < -0.4 is 11.1 Å². The Hall–Kier alpha value is -2.21. The van der Waals surface area contributed by atoms with Crippen molar-refractivity contribution in [3.63, 3.8) is 0 Å². The third-order valence-electron chi connectivity index (χ3n) is 3.41. The van der Waals surface area contributed by atoms with Gasteiger partial charge in [-0.2, -0.15) is 0 Å². The zero-order valence-electron chi connectivity index (χ0n) is 10.2. The van der Waals surface area contributed by atoms with Crippen LogP contribution in [0.4, 0.5) is 11.5 Å². The number of nitro groups is 1. The predicted molar refractivity (Wildman–Crippen MR) is 73.0 cm³/mol. The SMILES string of the molecule is NC1CC(Nc2ccc3cc([N+](=O)[O-])ccc3n2)C1. The molecular formula is C13H14N4O2. The molecule has 0 bridgehead atoms. The summed E-state index contributed by atoms with van der Waals surface area (Å²) >= 11 is 0. The molecule has 0 aliphatic heterocycles. The Balaban J connectivity index is 1.85. The summed E-state index contributed by atoms with van der Waals surface area (Å²) in [6, 6.07) is 9.04. The number of rotatable bonds is 3. The zero-order valence-corrected chi connectivity index (χ0v) is 10.2. The van der Waals surface area contributed by atoms with Crippen LogP contribution in [-0.4, -0.2) is 22.0 Å². The molecule has 3 rings (SSSR count). The van der Waals surface area contributed by atoms with Gasteiger partial charge in [0.25, 0.3) is 5.69 Å². The lowest BCUT2D eigenvalue weighted by Gasteiger charge is -2.33. The van der Waals surface area contributed by atoms with Gasteiger partial charge in [-0.05, 0) is 31.0 Å². The number of fused-ring (bicyclic) bond motifs is 1. The van der Waals surface area contributed by atoms with Gasteiger partial charge in [0.05, 0.1) is 10.4 Å². The number of anilines is 1. The molecule has 2 aromatic rings. The van der Waals surface area contributed by atoms with Crippen molar-refractivity contribution in [2.24, 2.45) is 5.73 Å². The molecule has 0 unspecified atom stereocenters. The summed E-state index contributed by atoms with van der Waals surface area (Å²) in [5.74, 6) is 0.790. The molecule has 6 heteroatoms. The van der Waals surface area contributed by atoms with Crippen molar-refractivity contribution in [1.82, 2.24) is 4.98 Å². The van der Waals surface area contributed by atoms with E-state index in [0.29, 0.717) is 12.1 Å². The van der Waals surface area contributed by atoms with Crippen LogP contribution in [0.25, 0.3) is 10.9 Å². The third kappa shape index (κ3) is 2.34. The minimum absolute atomic E-state index is 0.0833. The maximum Gasteiger partial charge on any atom is 0.270 e. The van der Waals surface area contributed by atoms with Crippen LogP contribution in [0.1, 0.15) is 12.8 Å². The molecule has 1 saturated carbocycles. The fourth-order valence-electron chi connectivity index (χ4n) is 2.30. The van der Waals surface area contributed by atoms with Crippen LogP contribution >= 0.6 is 0 Å². The molecule has 98 valence electrons. The highest BCUT2D eigenvalue weighted by Crippen LogP contribution is 2.24. The fourth-order valence-corrected chi connectivity index (χ4v) is 2.30. The molecule has 19 heavy (non-hydrogen) atoms. The molecule has 0 amide bonds. The van der Waals surface area contributed by atoms with E-state index >= 15 is 0 Å². The number of nitro benzene ring substituents is 1. The quantitative estimate of drug-likeness (QED) is 0.649. The number of hydrogen-bond donors (Lipinski definition) is 2. The molecule has 1 heterocycles. The lowest BCUT2D eigenvalue weighted by atomic mass is 9.88. The molecule has 1 fully saturated rings. The number of nitrogens with two attached hydrogens (primary N) is 1. The molecule has 0 saturated heterocycles. The summed E-state index contributed by atoms with van der Waals surface area (Å²) in [6.07, 6.45) is 1.92. The number of benzene rings is 1. The molecule has 0 radical (unpaired) electrons. The van der Waals surface area contributed by atoms with Gasteiger partial charge in [-0.25, -0.2) is 4.98 Å². The molecule has 1 aliphatic carbocycles. The highest BCUT2D eigenvalue weighted by atomic mass is 16.6. The van der Waals surface area contributed by atoms with Crippen LogP contribution in [-0.2, 0) is 0 Å². The average Bonchev–Trinajstić information content (AvgIpc) is 2.36. The summed E-state index contributed by atoms with van der Waals surface area (Å²) in [5, 5.41) is 14.8.